The highest BCUT2D eigenvalue weighted by atomic mass is 16.4. The Labute approximate surface area is 76.5 Å². The van der Waals surface area contributed by atoms with E-state index in [1.807, 2.05) is 0 Å². The number of carboxylic acids is 1. The maximum Gasteiger partial charge on any atom is 0.303 e. The zero-order valence-corrected chi connectivity index (χ0v) is 7.40. The number of nitrogens with two attached hydrogens (primary N) is 1. The van der Waals surface area contributed by atoms with Crippen molar-refractivity contribution >= 4 is 11.9 Å². The maximum absolute atomic E-state index is 10.7. The quantitative estimate of drug-likeness (QED) is 0.513. The van der Waals surface area contributed by atoms with E-state index in [0.29, 0.717) is 19.3 Å². The molecule has 5 heteroatoms. The number of carboxylic acid groups (broad SMARTS) is 1. The Morgan fingerprint density at radius 2 is 1.92 bits per heavy atom. The van der Waals surface area contributed by atoms with Gasteiger partial charge in [-0.15, -0.1) is 0 Å². The molecule has 0 aliphatic carbocycles. The van der Waals surface area contributed by atoms with Gasteiger partial charge in [0.2, 0.25) is 5.91 Å². The summed E-state index contributed by atoms with van der Waals surface area (Å²) in [6.45, 7) is -0.0965. The first-order chi connectivity index (χ1) is 6.07. The zero-order chi connectivity index (χ0) is 10.3. The van der Waals surface area contributed by atoms with Gasteiger partial charge < -0.3 is 15.9 Å². The number of carbonyl (C=O) groups excluding carboxylic acids is 1. The Morgan fingerprint density at radius 3 is 2.31 bits per heavy atom. The van der Waals surface area contributed by atoms with Crippen molar-refractivity contribution in [3.8, 4) is 0 Å². The summed E-state index contributed by atoms with van der Waals surface area (Å²) in [6.07, 6.45) is 1.20. The molecule has 0 aromatic rings. The van der Waals surface area contributed by atoms with Gasteiger partial charge in [0.05, 0.1) is 0 Å². The first kappa shape index (κ1) is 11.9. The van der Waals surface area contributed by atoms with Crippen molar-refractivity contribution in [1.29, 1.82) is 0 Å². The third kappa shape index (κ3) is 6.10. The minimum atomic E-state index is -0.882. The van der Waals surface area contributed by atoms with Gasteiger partial charge in [0.25, 0.3) is 0 Å². The van der Waals surface area contributed by atoms with Crippen molar-refractivity contribution in [2.24, 2.45) is 11.7 Å². The number of hydrogen-bond acceptors (Lipinski definition) is 3. The van der Waals surface area contributed by atoms with Gasteiger partial charge >= 0.3 is 5.97 Å². The second-order valence-corrected chi connectivity index (χ2v) is 2.90. The summed E-state index contributed by atoms with van der Waals surface area (Å²) < 4.78 is 0. The van der Waals surface area contributed by atoms with Gasteiger partial charge in [-0.2, -0.15) is 0 Å². The average Bonchev–Trinajstić information content (AvgIpc) is 2.02. The predicted octanol–water partition coefficient (Wildman–Crippen LogP) is -0.275. The van der Waals surface area contributed by atoms with Gasteiger partial charge in [0.1, 0.15) is 0 Å². The molecule has 1 atom stereocenters. The minimum absolute atomic E-state index is 0.0369. The van der Waals surface area contributed by atoms with Crippen LogP contribution in [-0.2, 0) is 9.59 Å². The lowest BCUT2D eigenvalue weighted by molar-refractivity contribution is -0.137. The molecule has 5 nitrogen and oxygen atoms in total. The molecule has 1 unspecified atom stereocenters. The Hall–Kier alpha value is -1.10. The van der Waals surface area contributed by atoms with Crippen LogP contribution in [0.25, 0.3) is 0 Å². The van der Waals surface area contributed by atoms with E-state index in [0.717, 1.165) is 0 Å². The number of hydrogen-bond donors (Lipinski definition) is 3. The lowest BCUT2D eigenvalue weighted by atomic mass is 9.98. The van der Waals surface area contributed by atoms with Crippen LogP contribution in [0.15, 0.2) is 0 Å². The van der Waals surface area contributed by atoms with Crippen molar-refractivity contribution < 1.29 is 19.8 Å². The van der Waals surface area contributed by atoms with E-state index >= 15 is 0 Å². The van der Waals surface area contributed by atoms with Gasteiger partial charge in [0, 0.05) is 18.9 Å². The summed E-state index contributed by atoms with van der Waals surface area (Å²) in [4.78, 5) is 20.9. The van der Waals surface area contributed by atoms with E-state index in [-0.39, 0.29) is 13.0 Å². The number of primary amides is 1. The van der Waals surface area contributed by atoms with Gasteiger partial charge in [-0.1, -0.05) is 0 Å². The minimum Gasteiger partial charge on any atom is -0.481 e. The third-order valence-corrected chi connectivity index (χ3v) is 1.82. The molecule has 0 radical (unpaired) electrons. The first-order valence-corrected chi connectivity index (χ1v) is 4.20. The van der Waals surface area contributed by atoms with Crippen LogP contribution >= 0.6 is 0 Å². The monoisotopic (exact) mass is 189 g/mol. The summed E-state index contributed by atoms with van der Waals surface area (Å²) in [5.74, 6) is -1.75. The number of rotatable bonds is 7. The molecule has 1 amide bonds. The van der Waals surface area contributed by atoms with E-state index in [2.05, 4.69) is 0 Å². The summed E-state index contributed by atoms with van der Waals surface area (Å²) >= 11 is 0. The van der Waals surface area contributed by atoms with Crippen LogP contribution < -0.4 is 5.73 Å². The lowest BCUT2D eigenvalue weighted by Gasteiger charge is -2.09. The van der Waals surface area contributed by atoms with Crippen molar-refractivity contribution in [3.05, 3.63) is 0 Å². The lowest BCUT2D eigenvalue weighted by Crippen LogP contribution is -2.24. The average molecular weight is 189 g/mol. The number of aliphatic hydroxyl groups excluding tert-OH is 1. The van der Waals surface area contributed by atoms with E-state index < -0.39 is 17.8 Å². The fraction of sp³-hybridized carbons (Fsp3) is 0.750. The van der Waals surface area contributed by atoms with Crippen LogP contribution in [0.4, 0.5) is 0 Å². The Morgan fingerprint density at radius 1 is 1.31 bits per heavy atom. The normalized spacial score (nSPS) is 12.4. The van der Waals surface area contributed by atoms with Crippen LogP contribution in [0.2, 0.25) is 0 Å². The van der Waals surface area contributed by atoms with Gasteiger partial charge in [-0.05, 0) is 19.3 Å². The van der Waals surface area contributed by atoms with Gasteiger partial charge in [-0.25, -0.2) is 0 Å². The molecule has 0 heterocycles. The van der Waals surface area contributed by atoms with Crippen LogP contribution in [0.5, 0.6) is 0 Å². The maximum atomic E-state index is 10.7. The largest absolute Gasteiger partial charge is 0.481 e. The van der Waals surface area contributed by atoms with Gasteiger partial charge in [0.15, 0.2) is 0 Å². The number of aliphatic carboxylic acids is 1. The molecule has 0 bridgehead atoms. The van der Waals surface area contributed by atoms with Crippen molar-refractivity contribution in [1.82, 2.24) is 0 Å². The van der Waals surface area contributed by atoms with Crippen LogP contribution in [0.3, 0.4) is 0 Å². The smallest absolute Gasteiger partial charge is 0.303 e. The molecule has 4 N–H and O–H groups in total. The number of aliphatic hydroxyl groups is 1. The predicted molar refractivity (Wildman–Crippen MR) is 45.9 cm³/mol. The standard InChI is InChI=1S/C8H15NO4/c9-8(13)6(4-5-10)2-1-3-7(11)12/h6,10H,1-5H2,(H2,9,13)(H,11,12). The highest BCUT2D eigenvalue weighted by Gasteiger charge is 2.14. The molecule has 0 rings (SSSR count). The molecule has 0 spiro atoms. The highest BCUT2D eigenvalue weighted by Crippen LogP contribution is 2.11. The molecular formula is C8H15NO4. The molecule has 76 valence electrons. The van der Waals surface area contributed by atoms with E-state index in [1.54, 1.807) is 0 Å². The second-order valence-electron chi connectivity index (χ2n) is 2.90. The fourth-order valence-electron chi connectivity index (χ4n) is 1.08. The summed E-state index contributed by atoms with van der Waals surface area (Å²) in [5.41, 5.74) is 5.04. The summed E-state index contributed by atoms with van der Waals surface area (Å²) in [5, 5.41) is 16.9. The fourth-order valence-corrected chi connectivity index (χ4v) is 1.08. The van der Waals surface area contributed by atoms with Crippen molar-refractivity contribution in [3.63, 3.8) is 0 Å². The first-order valence-electron chi connectivity index (χ1n) is 4.20. The Balaban J connectivity index is 3.69. The SMILES string of the molecule is NC(=O)C(CCO)CCCC(=O)O. The van der Waals surface area contributed by atoms with Gasteiger partial charge in [-0.3, -0.25) is 9.59 Å². The molecule has 0 fully saturated rings. The molecule has 0 aromatic heterocycles. The molecule has 0 aromatic carbocycles. The Bertz CT molecular complexity index is 181. The Kier molecular flexibility index (Phi) is 5.88. The summed E-state index contributed by atoms with van der Waals surface area (Å²) in [7, 11) is 0. The highest BCUT2D eigenvalue weighted by molar-refractivity contribution is 5.76. The van der Waals surface area contributed by atoms with E-state index in [4.69, 9.17) is 15.9 Å². The zero-order valence-electron chi connectivity index (χ0n) is 7.40. The van der Waals surface area contributed by atoms with Crippen molar-refractivity contribution in [2.45, 2.75) is 25.7 Å². The molecule has 13 heavy (non-hydrogen) atoms. The van der Waals surface area contributed by atoms with Crippen molar-refractivity contribution in [2.75, 3.05) is 6.61 Å². The molecular weight excluding hydrogens is 174 g/mol. The molecule has 0 saturated carbocycles. The topological polar surface area (TPSA) is 101 Å². The molecule has 0 aliphatic rings. The molecule has 0 saturated heterocycles. The van der Waals surface area contributed by atoms with Crippen LogP contribution in [0.1, 0.15) is 25.7 Å². The van der Waals surface area contributed by atoms with Crippen LogP contribution in [-0.4, -0.2) is 28.7 Å². The van der Waals surface area contributed by atoms with Crippen LogP contribution in [0, 0.1) is 5.92 Å². The molecule has 0 aliphatic heterocycles. The summed E-state index contributed by atoms with van der Waals surface area (Å²) in [6, 6.07) is 0. The number of amides is 1. The number of carbonyl (C=O) groups is 2. The third-order valence-electron chi connectivity index (χ3n) is 1.82. The second kappa shape index (κ2) is 6.42. The van der Waals surface area contributed by atoms with E-state index in [1.165, 1.54) is 0 Å². The van der Waals surface area contributed by atoms with E-state index in [9.17, 15) is 9.59 Å².